The van der Waals surface area contributed by atoms with Crippen LogP contribution in [0.5, 0.6) is 0 Å². The van der Waals surface area contributed by atoms with Crippen molar-refractivity contribution in [2.75, 3.05) is 5.32 Å². The normalized spacial score (nSPS) is 19.0. The van der Waals surface area contributed by atoms with Crippen LogP contribution in [0.25, 0.3) is 0 Å². The molecule has 0 heterocycles. The lowest BCUT2D eigenvalue weighted by Gasteiger charge is -2.18. The number of ether oxygens (including phenoxy) is 1. The Morgan fingerprint density at radius 3 is 2.52 bits per heavy atom. The number of carbonyl (C=O) groups is 2. The monoisotopic (exact) mass is 388 g/mol. The lowest BCUT2D eigenvalue weighted by atomic mass is 10.1. The van der Waals surface area contributed by atoms with E-state index in [1.165, 1.54) is 12.1 Å². The third-order valence-electron chi connectivity index (χ3n) is 4.40. The predicted molar refractivity (Wildman–Crippen MR) is 99.3 cm³/mol. The Kier molecular flexibility index (Phi) is 5.41. The molecule has 3 atom stereocenters. The summed E-state index contributed by atoms with van der Waals surface area (Å²) in [6, 6.07) is 12.5. The minimum Gasteiger partial charge on any atom is -0.447 e. The second-order valence-electron chi connectivity index (χ2n) is 6.46. The summed E-state index contributed by atoms with van der Waals surface area (Å²) in [7, 11) is 0. The number of nitrogens with one attached hydrogen (secondary N) is 1. The first-order chi connectivity index (χ1) is 12.9. The number of hydrogen-bond acceptors (Lipinski definition) is 5. The molecule has 140 valence electrons. The van der Waals surface area contributed by atoms with Gasteiger partial charge in [0.2, 0.25) is 6.10 Å². The van der Waals surface area contributed by atoms with Gasteiger partial charge >= 0.3 is 5.97 Å². The first kappa shape index (κ1) is 18.8. The van der Waals surface area contributed by atoms with E-state index in [1.807, 2.05) is 6.92 Å². The van der Waals surface area contributed by atoms with Gasteiger partial charge in [-0.3, -0.25) is 19.7 Å². The van der Waals surface area contributed by atoms with E-state index in [-0.39, 0.29) is 28.2 Å². The number of benzene rings is 2. The molecule has 8 heteroatoms. The van der Waals surface area contributed by atoms with Gasteiger partial charge in [-0.1, -0.05) is 48.9 Å². The summed E-state index contributed by atoms with van der Waals surface area (Å²) in [4.78, 5) is 35.4. The highest BCUT2D eigenvalue weighted by molar-refractivity contribution is 6.32. The van der Waals surface area contributed by atoms with Crippen molar-refractivity contribution in [2.24, 2.45) is 11.8 Å². The fourth-order valence-electron chi connectivity index (χ4n) is 2.69. The van der Waals surface area contributed by atoms with Gasteiger partial charge in [-0.05, 0) is 24.5 Å². The Morgan fingerprint density at radius 1 is 1.26 bits per heavy atom. The molecule has 0 saturated heterocycles. The van der Waals surface area contributed by atoms with E-state index < -0.39 is 22.9 Å². The number of esters is 1. The average molecular weight is 389 g/mol. The minimum atomic E-state index is -1.15. The Hall–Kier alpha value is -2.93. The Morgan fingerprint density at radius 2 is 1.93 bits per heavy atom. The molecule has 0 aliphatic heterocycles. The number of halogens is 1. The van der Waals surface area contributed by atoms with Crippen molar-refractivity contribution in [1.82, 2.24) is 0 Å². The van der Waals surface area contributed by atoms with E-state index in [1.54, 1.807) is 30.3 Å². The van der Waals surface area contributed by atoms with Crippen LogP contribution in [0.2, 0.25) is 5.02 Å². The molecular formula is C19H17ClN2O5. The van der Waals surface area contributed by atoms with Gasteiger partial charge in [-0.2, -0.15) is 0 Å². The fraction of sp³-hybridized carbons (Fsp3) is 0.263. The molecule has 0 spiro atoms. The maximum atomic E-state index is 12.7. The highest BCUT2D eigenvalue weighted by atomic mass is 35.5. The van der Waals surface area contributed by atoms with Gasteiger partial charge in [0.15, 0.2) is 0 Å². The molecule has 2 aromatic carbocycles. The smallest absolute Gasteiger partial charge is 0.310 e. The maximum absolute atomic E-state index is 12.7. The van der Waals surface area contributed by atoms with Crippen LogP contribution in [0, 0.1) is 22.0 Å². The number of rotatable bonds is 6. The zero-order chi connectivity index (χ0) is 19.6. The van der Waals surface area contributed by atoms with E-state index in [4.69, 9.17) is 16.3 Å². The van der Waals surface area contributed by atoms with Gasteiger partial charge < -0.3 is 10.1 Å². The van der Waals surface area contributed by atoms with E-state index in [9.17, 15) is 19.7 Å². The summed E-state index contributed by atoms with van der Waals surface area (Å²) in [6.45, 7) is 1.94. The van der Waals surface area contributed by atoms with Crippen molar-refractivity contribution >= 4 is 34.9 Å². The highest BCUT2D eigenvalue weighted by Gasteiger charge is 2.42. The molecule has 27 heavy (non-hydrogen) atoms. The zero-order valence-electron chi connectivity index (χ0n) is 14.4. The SMILES string of the molecule is C[C@H]1C[C@H]1C(=O)O[C@@H](C(=O)Nc1ccc(Cl)c([N+](=O)[O-])c1)c1ccccc1. The number of hydrogen-bond donors (Lipinski definition) is 1. The topological polar surface area (TPSA) is 98.5 Å². The Bertz CT molecular complexity index is 887. The van der Waals surface area contributed by atoms with Crippen molar-refractivity contribution in [3.63, 3.8) is 0 Å². The van der Waals surface area contributed by atoms with Crippen LogP contribution in [0.4, 0.5) is 11.4 Å². The van der Waals surface area contributed by atoms with Crippen molar-refractivity contribution in [3.05, 3.63) is 69.2 Å². The first-order valence-corrected chi connectivity index (χ1v) is 8.75. The zero-order valence-corrected chi connectivity index (χ0v) is 15.2. The van der Waals surface area contributed by atoms with Gasteiger partial charge in [-0.15, -0.1) is 0 Å². The van der Waals surface area contributed by atoms with Crippen LogP contribution in [0.15, 0.2) is 48.5 Å². The van der Waals surface area contributed by atoms with Gasteiger partial charge in [0.05, 0.1) is 10.8 Å². The van der Waals surface area contributed by atoms with E-state index >= 15 is 0 Å². The van der Waals surface area contributed by atoms with Crippen molar-refractivity contribution in [1.29, 1.82) is 0 Å². The first-order valence-electron chi connectivity index (χ1n) is 8.37. The number of amides is 1. The largest absolute Gasteiger partial charge is 0.447 e. The summed E-state index contributed by atoms with van der Waals surface area (Å²) < 4.78 is 5.46. The molecule has 2 aromatic rings. The van der Waals surface area contributed by atoms with Crippen molar-refractivity contribution < 1.29 is 19.2 Å². The molecule has 1 saturated carbocycles. The number of anilines is 1. The summed E-state index contributed by atoms with van der Waals surface area (Å²) in [5, 5.41) is 13.5. The van der Waals surface area contributed by atoms with Crippen LogP contribution >= 0.6 is 11.6 Å². The molecule has 0 unspecified atom stereocenters. The number of nitro benzene ring substituents is 1. The third kappa shape index (κ3) is 4.43. The Balaban J connectivity index is 1.81. The summed E-state index contributed by atoms with van der Waals surface area (Å²) in [5.41, 5.74) is 0.377. The molecule has 3 rings (SSSR count). The van der Waals surface area contributed by atoms with Crippen molar-refractivity contribution in [2.45, 2.75) is 19.4 Å². The molecule has 0 radical (unpaired) electrons. The van der Waals surface area contributed by atoms with Gasteiger partial charge in [0, 0.05) is 17.3 Å². The molecule has 0 aromatic heterocycles. The summed E-state index contributed by atoms with van der Waals surface area (Å²) >= 11 is 5.79. The summed E-state index contributed by atoms with van der Waals surface area (Å²) in [6.07, 6.45) is -0.410. The number of nitro groups is 1. The van der Waals surface area contributed by atoms with Crippen molar-refractivity contribution in [3.8, 4) is 0 Å². The number of carbonyl (C=O) groups excluding carboxylic acids is 2. The lowest BCUT2D eigenvalue weighted by Crippen LogP contribution is -2.26. The Labute approximate surface area is 160 Å². The quantitative estimate of drug-likeness (QED) is 0.455. The standard InChI is InChI=1S/C19H17ClN2O5/c1-11-9-14(11)19(24)27-17(12-5-3-2-4-6-12)18(23)21-13-7-8-15(20)16(10-13)22(25)26/h2-8,10-11,14,17H,9H2,1H3,(H,21,23)/t11-,14+,17+/m0/s1. The minimum absolute atomic E-state index is 0.0354. The second-order valence-corrected chi connectivity index (χ2v) is 6.87. The van der Waals surface area contributed by atoms with Gasteiger partial charge in [-0.25, -0.2) is 0 Å². The van der Waals surface area contributed by atoms with Crippen LogP contribution in [-0.4, -0.2) is 16.8 Å². The van der Waals surface area contributed by atoms with Crippen LogP contribution < -0.4 is 5.32 Å². The molecule has 1 amide bonds. The molecular weight excluding hydrogens is 372 g/mol. The fourth-order valence-corrected chi connectivity index (χ4v) is 2.88. The van der Waals surface area contributed by atoms with E-state index in [0.717, 1.165) is 12.5 Å². The predicted octanol–water partition coefficient (Wildman–Crippen LogP) is 4.13. The lowest BCUT2D eigenvalue weighted by molar-refractivity contribution is -0.384. The number of nitrogens with zero attached hydrogens (tertiary/aromatic N) is 1. The highest BCUT2D eigenvalue weighted by Crippen LogP contribution is 2.40. The molecule has 1 N–H and O–H groups in total. The van der Waals surface area contributed by atoms with Gasteiger partial charge in [0.25, 0.3) is 11.6 Å². The van der Waals surface area contributed by atoms with Crippen LogP contribution in [0.3, 0.4) is 0 Å². The average Bonchev–Trinajstić information content (AvgIpc) is 3.38. The maximum Gasteiger partial charge on any atom is 0.310 e. The molecule has 1 aliphatic rings. The molecule has 1 aliphatic carbocycles. The second kappa shape index (κ2) is 7.75. The third-order valence-corrected chi connectivity index (χ3v) is 4.72. The summed E-state index contributed by atoms with van der Waals surface area (Å²) in [5.74, 6) is -0.968. The van der Waals surface area contributed by atoms with Gasteiger partial charge in [0.1, 0.15) is 5.02 Å². The van der Waals surface area contributed by atoms with Crippen LogP contribution in [-0.2, 0) is 14.3 Å². The van der Waals surface area contributed by atoms with E-state index in [0.29, 0.717) is 5.56 Å². The van der Waals surface area contributed by atoms with E-state index in [2.05, 4.69) is 5.32 Å². The molecule has 0 bridgehead atoms. The molecule has 1 fully saturated rings. The molecule has 7 nitrogen and oxygen atoms in total. The van der Waals surface area contributed by atoms with Crippen LogP contribution in [0.1, 0.15) is 25.0 Å².